The van der Waals surface area contributed by atoms with Gasteiger partial charge >= 0.3 is 0 Å². The van der Waals surface area contributed by atoms with E-state index in [4.69, 9.17) is 16.4 Å². The first-order valence-corrected chi connectivity index (χ1v) is 4.85. The van der Waals surface area contributed by atoms with E-state index < -0.39 is 0 Å². The van der Waals surface area contributed by atoms with Gasteiger partial charge in [-0.25, -0.2) is 0 Å². The highest BCUT2D eigenvalue weighted by atomic mass is 35.5. The fourth-order valence-electron chi connectivity index (χ4n) is 1.13. The fraction of sp³-hybridized carbons (Fsp3) is 0.364. The van der Waals surface area contributed by atoms with Gasteiger partial charge in [-0.3, -0.25) is 0 Å². The molecule has 1 aliphatic carbocycles. The minimum Gasteiger partial charge on any atom is -0.399 e. The first-order chi connectivity index (χ1) is 6.65. The Kier molecular flexibility index (Phi) is 3.96. The van der Waals surface area contributed by atoms with E-state index in [2.05, 4.69) is 18.3 Å². The molecule has 3 heteroatoms. The molecule has 0 heterocycles. The number of hydrogen-bond acceptors (Lipinski definition) is 2. The summed E-state index contributed by atoms with van der Waals surface area (Å²) in [6.07, 6.45) is 5.84. The minimum absolute atomic E-state index is 0.485. The third-order valence-electron chi connectivity index (χ3n) is 1.95. The predicted octanol–water partition coefficient (Wildman–Crippen LogP) is 3.26. The zero-order chi connectivity index (χ0) is 10.6. The molecule has 1 rings (SSSR count). The van der Waals surface area contributed by atoms with Crippen LogP contribution in [0.15, 0.2) is 41.1 Å². The number of hydrogen-bond donors (Lipinski definition) is 0. The molecular formula is C11H14ClNO. The van der Waals surface area contributed by atoms with Crippen molar-refractivity contribution in [1.29, 1.82) is 0 Å². The summed E-state index contributed by atoms with van der Waals surface area (Å²) in [6.45, 7) is 7.47. The molecule has 76 valence electrons. The first-order valence-electron chi connectivity index (χ1n) is 4.48. The summed E-state index contributed by atoms with van der Waals surface area (Å²) in [4.78, 5) is 4.77. The molecule has 0 radical (unpaired) electrons. The van der Waals surface area contributed by atoms with Crippen molar-refractivity contribution in [3.8, 4) is 0 Å². The molecule has 0 aliphatic heterocycles. The van der Waals surface area contributed by atoms with Gasteiger partial charge in [0.2, 0.25) is 0 Å². The molecule has 0 bridgehead atoms. The van der Waals surface area contributed by atoms with Crippen LogP contribution < -0.4 is 0 Å². The second-order valence-electron chi connectivity index (χ2n) is 3.24. The van der Waals surface area contributed by atoms with Crippen molar-refractivity contribution in [2.75, 3.05) is 7.11 Å². The van der Waals surface area contributed by atoms with Crippen molar-refractivity contribution in [3.05, 3.63) is 35.9 Å². The van der Waals surface area contributed by atoms with E-state index in [0.717, 1.165) is 24.1 Å². The van der Waals surface area contributed by atoms with Gasteiger partial charge in [-0.15, -0.1) is 0 Å². The summed E-state index contributed by atoms with van der Waals surface area (Å²) >= 11 is 5.61. The Bertz CT molecular complexity index is 300. The minimum atomic E-state index is 0.485. The Morgan fingerprint density at radius 2 is 2.07 bits per heavy atom. The quantitative estimate of drug-likeness (QED) is 0.389. The molecule has 0 spiro atoms. The lowest BCUT2D eigenvalue weighted by atomic mass is 10.1. The van der Waals surface area contributed by atoms with E-state index in [1.165, 1.54) is 0 Å². The van der Waals surface area contributed by atoms with Crippen LogP contribution in [0.3, 0.4) is 0 Å². The maximum atomic E-state index is 5.61. The third-order valence-corrected chi connectivity index (χ3v) is 2.07. The molecule has 0 atom stereocenters. The lowest BCUT2D eigenvalue weighted by Gasteiger charge is -2.02. The van der Waals surface area contributed by atoms with Gasteiger partial charge in [0, 0.05) is 11.0 Å². The molecule has 0 aromatic heterocycles. The van der Waals surface area contributed by atoms with Gasteiger partial charge in [0.25, 0.3) is 0 Å². The highest BCUT2D eigenvalue weighted by Gasteiger charge is 2.29. The van der Waals surface area contributed by atoms with E-state index in [0.29, 0.717) is 11.0 Å². The van der Waals surface area contributed by atoms with Gasteiger partial charge in [-0.2, -0.15) is 0 Å². The van der Waals surface area contributed by atoms with E-state index in [9.17, 15) is 0 Å². The smallest absolute Gasteiger partial charge is 0.106 e. The topological polar surface area (TPSA) is 21.6 Å². The van der Waals surface area contributed by atoms with Gasteiger partial charge in [0.05, 0.1) is 5.71 Å². The van der Waals surface area contributed by atoms with Gasteiger partial charge in [0.1, 0.15) is 7.11 Å². The largest absolute Gasteiger partial charge is 0.399 e. The van der Waals surface area contributed by atoms with Crippen molar-refractivity contribution in [2.45, 2.75) is 12.8 Å². The van der Waals surface area contributed by atoms with Crippen molar-refractivity contribution < 1.29 is 4.84 Å². The summed E-state index contributed by atoms with van der Waals surface area (Å²) in [6, 6.07) is 0. The fourth-order valence-corrected chi connectivity index (χ4v) is 1.19. The molecule has 0 saturated heterocycles. The Morgan fingerprint density at radius 1 is 1.43 bits per heavy atom. The molecule has 1 aliphatic rings. The Morgan fingerprint density at radius 3 is 2.50 bits per heavy atom. The van der Waals surface area contributed by atoms with Crippen LogP contribution in [0.25, 0.3) is 0 Å². The summed E-state index contributed by atoms with van der Waals surface area (Å²) in [5.74, 6) is 0.510. The molecular weight excluding hydrogens is 198 g/mol. The first kappa shape index (κ1) is 11.1. The SMILES string of the molecule is C=C(Cl)/C=C\C(=C)/C(=N/OC)C1CC1. The molecule has 0 amide bonds. The van der Waals surface area contributed by atoms with Crippen molar-refractivity contribution in [1.82, 2.24) is 0 Å². The second kappa shape index (κ2) is 5.01. The standard InChI is InChI=1S/C11H14ClNO/c1-8(4-5-9(2)12)11(13-14-3)10-6-7-10/h4-5,10H,1-2,6-7H2,3H3/b5-4-,13-11-. The van der Waals surface area contributed by atoms with Crippen LogP contribution >= 0.6 is 11.6 Å². The monoisotopic (exact) mass is 211 g/mol. The van der Waals surface area contributed by atoms with Crippen LogP contribution in [0.4, 0.5) is 0 Å². The highest BCUT2D eigenvalue weighted by molar-refractivity contribution is 6.30. The van der Waals surface area contributed by atoms with Gasteiger partial charge in [0.15, 0.2) is 0 Å². The van der Waals surface area contributed by atoms with Crippen LogP contribution in [0.2, 0.25) is 0 Å². The molecule has 0 N–H and O–H groups in total. The molecule has 0 aromatic rings. The number of allylic oxidation sites excluding steroid dienone is 4. The zero-order valence-electron chi connectivity index (χ0n) is 8.29. The third kappa shape index (κ3) is 3.38. The number of rotatable bonds is 5. The summed E-state index contributed by atoms with van der Waals surface area (Å²) in [5.41, 5.74) is 1.76. The Labute approximate surface area is 89.6 Å². The molecule has 0 unspecified atom stereocenters. The lowest BCUT2D eigenvalue weighted by Crippen LogP contribution is -2.03. The molecule has 1 saturated carbocycles. The van der Waals surface area contributed by atoms with Crippen LogP contribution in [-0.2, 0) is 4.84 Å². The van der Waals surface area contributed by atoms with E-state index in [-0.39, 0.29) is 0 Å². The number of nitrogens with zero attached hydrogens (tertiary/aromatic N) is 1. The Hall–Kier alpha value is -1.02. The lowest BCUT2D eigenvalue weighted by molar-refractivity contribution is 0.212. The predicted molar refractivity (Wildman–Crippen MR) is 60.4 cm³/mol. The second-order valence-corrected chi connectivity index (χ2v) is 3.72. The summed E-state index contributed by atoms with van der Waals surface area (Å²) < 4.78 is 0. The number of oxime groups is 1. The average molecular weight is 212 g/mol. The molecule has 14 heavy (non-hydrogen) atoms. The maximum absolute atomic E-state index is 5.61. The average Bonchev–Trinajstić information content (AvgIpc) is 2.93. The van der Waals surface area contributed by atoms with E-state index in [1.807, 2.05) is 6.08 Å². The van der Waals surface area contributed by atoms with Gasteiger partial charge < -0.3 is 4.84 Å². The summed E-state index contributed by atoms with van der Waals surface area (Å²) in [7, 11) is 1.54. The molecule has 0 aromatic carbocycles. The zero-order valence-corrected chi connectivity index (χ0v) is 9.05. The van der Waals surface area contributed by atoms with Crippen LogP contribution in [0, 0.1) is 5.92 Å². The van der Waals surface area contributed by atoms with Crippen LogP contribution in [0.5, 0.6) is 0 Å². The van der Waals surface area contributed by atoms with Crippen molar-refractivity contribution >= 4 is 17.3 Å². The highest BCUT2D eigenvalue weighted by Crippen LogP contribution is 2.33. The van der Waals surface area contributed by atoms with Crippen LogP contribution in [0.1, 0.15) is 12.8 Å². The maximum Gasteiger partial charge on any atom is 0.106 e. The van der Waals surface area contributed by atoms with Gasteiger partial charge in [-0.1, -0.05) is 36.0 Å². The Balaban J connectivity index is 2.64. The van der Waals surface area contributed by atoms with E-state index >= 15 is 0 Å². The van der Waals surface area contributed by atoms with Crippen molar-refractivity contribution in [2.24, 2.45) is 11.1 Å². The van der Waals surface area contributed by atoms with Crippen LogP contribution in [-0.4, -0.2) is 12.8 Å². The van der Waals surface area contributed by atoms with Crippen molar-refractivity contribution in [3.63, 3.8) is 0 Å². The normalized spacial score (nSPS) is 17.1. The van der Waals surface area contributed by atoms with E-state index in [1.54, 1.807) is 13.2 Å². The molecule has 1 fully saturated rings. The molecule has 2 nitrogen and oxygen atoms in total. The number of halogens is 1. The summed E-state index contributed by atoms with van der Waals surface area (Å²) in [5, 5.41) is 4.44. The van der Waals surface area contributed by atoms with Gasteiger partial charge in [-0.05, 0) is 24.5 Å².